The van der Waals surface area contributed by atoms with Crippen molar-refractivity contribution in [3.05, 3.63) is 33.9 Å². The zero-order valence-corrected chi connectivity index (χ0v) is 9.60. The first-order valence-electron chi connectivity index (χ1n) is 3.86. The van der Waals surface area contributed by atoms with E-state index in [-0.39, 0.29) is 18.9 Å². The average Bonchev–Trinajstić information content (AvgIpc) is 2.17. The smallest absolute Gasteiger partial charge is 0.785 e. The molecule has 6 nitrogen and oxygen atoms in total. The summed E-state index contributed by atoms with van der Waals surface area (Å²) >= 11 is 0. The predicted octanol–water partition coefficient (Wildman–Crippen LogP) is -2.35. The molecule has 78 valence electrons. The summed E-state index contributed by atoms with van der Waals surface area (Å²) in [5, 5.41) is 18.4. The van der Waals surface area contributed by atoms with E-state index in [2.05, 4.69) is 0 Å². The van der Waals surface area contributed by atoms with Crippen LogP contribution in [0.1, 0.15) is 5.56 Å². The Balaban J connectivity index is 0.00000225. The molecule has 0 fully saturated rings. The second-order valence-corrected chi connectivity index (χ2v) is 4.69. The van der Waals surface area contributed by atoms with Crippen molar-refractivity contribution in [1.29, 1.82) is 5.26 Å². The summed E-state index contributed by atoms with van der Waals surface area (Å²) in [7, 11) is -4.53. The van der Waals surface area contributed by atoms with E-state index in [1.165, 1.54) is 6.07 Å². The number of nitro benzene ring substituents is 1. The van der Waals surface area contributed by atoms with E-state index in [9.17, 15) is 19.6 Å². The van der Waals surface area contributed by atoms with Gasteiger partial charge in [0.1, 0.15) is 13.2 Å². The van der Waals surface area contributed by atoms with Crippen LogP contribution in [0.2, 0.25) is 0 Å². The molecule has 1 atom stereocenters. The Kier molecular flexibility index (Phi) is 4.93. The second kappa shape index (κ2) is 5.29. The van der Waals surface area contributed by atoms with E-state index in [4.69, 9.17) is 5.26 Å². The van der Waals surface area contributed by atoms with Crippen molar-refractivity contribution < 1.29 is 33.2 Å². The molecule has 1 aromatic carbocycles. The fraction of sp³-hybridized carbons (Fsp3) is 0.125. The summed E-state index contributed by atoms with van der Waals surface area (Å²) < 4.78 is 11.2. The Bertz CT molecular complexity index is 511. The van der Waals surface area contributed by atoms with Crippen LogP contribution in [0, 0.1) is 28.1 Å². The molecule has 0 aliphatic heterocycles. The zero-order valence-electron chi connectivity index (χ0n) is 8.71. The van der Waals surface area contributed by atoms with Gasteiger partial charge in [-0.05, 0) is 18.6 Å². The second-order valence-electron chi connectivity index (χ2n) is 2.90. The molecular formula is C8H6LiN2O4P. The molecule has 0 amide bonds. The van der Waals surface area contributed by atoms with Crippen molar-refractivity contribution in [1.82, 2.24) is 0 Å². The molecule has 0 aromatic heterocycles. The zero-order chi connectivity index (χ0) is 11.6. The molecule has 8 heteroatoms. The molecule has 0 saturated carbocycles. The first kappa shape index (κ1) is 14.9. The number of aryl methyl sites for hydroxylation is 1. The maximum atomic E-state index is 11.2. The molecule has 0 heterocycles. The number of benzene rings is 1. The molecule has 0 saturated heterocycles. The van der Waals surface area contributed by atoms with E-state index < -0.39 is 23.3 Å². The third-order valence-corrected chi connectivity index (χ3v) is 3.03. The Morgan fingerprint density at radius 3 is 2.50 bits per heavy atom. The van der Waals surface area contributed by atoms with Gasteiger partial charge in [0.2, 0.25) is 0 Å². The van der Waals surface area contributed by atoms with Gasteiger partial charge in [0.25, 0.3) is 5.69 Å². The van der Waals surface area contributed by atoms with Gasteiger partial charge < -0.3 is 9.46 Å². The largest absolute Gasteiger partial charge is 1.00 e. The van der Waals surface area contributed by atoms with Crippen molar-refractivity contribution in [2.24, 2.45) is 0 Å². The van der Waals surface area contributed by atoms with Crippen LogP contribution in [0.3, 0.4) is 0 Å². The van der Waals surface area contributed by atoms with Crippen molar-refractivity contribution in [3.63, 3.8) is 0 Å². The molecule has 0 bridgehead atoms. The van der Waals surface area contributed by atoms with Crippen LogP contribution in [-0.4, -0.2) is 4.92 Å². The van der Waals surface area contributed by atoms with E-state index in [0.717, 1.165) is 17.9 Å². The van der Waals surface area contributed by atoms with Crippen molar-refractivity contribution in [2.45, 2.75) is 6.92 Å². The normalized spacial score (nSPS) is 13.1. The molecule has 0 aliphatic rings. The number of rotatable bonds is 2. The molecular weight excluding hydrogens is 226 g/mol. The fourth-order valence-corrected chi connectivity index (χ4v) is 2.02. The summed E-state index contributed by atoms with van der Waals surface area (Å²) in [6, 6.07) is 3.61. The summed E-state index contributed by atoms with van der Waals surface area (Å²) in [5.74, 6) is 1.08. The monoisotopic (exact) mass is 232 g/mol. The van der Waals surface area contributed by atoms with Crippen LogP contribution in [0.15, 0.2) is 18.2 Å². The van der Waals surface area contributed by atoms with Gasteiger partial charge in [0.05, 0.1) is 10.2 Å². The average molecular weight is 232 g/mol. The molecule has 0 radical (unpaired) electrons. The van der Waals surface area contributed by atoms with Crippen molar-refractivity contribution in [3.8, 4) is 5.81 Å². The Morgan fingerprint density at radius 1 is 1.50 bits per heavy atom. The SMILES string of the molecule is Cc1ccc([N+](=O)[O-])c(P(=O)([O-])C#N)c1.[Li+]. The fourth-order valence-electron chi connectivity index (χ4n) is 1.08. The maximum Gasteiger partial charge on any atom is 1.00 e. The minimum Gasteiger partial charge on any atom is -0.785 e. The van der Waals surface area contributed by atoms with E-state index in [1.807, 2.05) is 0 Å². The number of hydrogen-bond donors (Lipinski definition) is 0. The van der Waals surface area contributed by atoms with Crippen LogP contribution in [0.5, 0.6) is 0 Å². The quantitative estimate of drug-likeness (QED) is 0.245. The van der Waals surface area contributed by atoms with Gasteiger partial charge in [-0.15, -0.1) is 0 Å². The number of nitro groups is 1. The summed E-state index contributed by atoms with van der Waals surface area (Å²) in [5.41, 5.74) is -0.0255. The maximum absolute atomic E-state index is 11.2. The van der Waals surface area contributed by atoms with Crippen LogP contribution >= 0.6 is 7.37 Å². The van der Waals surface area contributed by atoms with Gasteiger partial charge in [0, 0.05) is 6.07 Å². The van der Waals surface area contributed by atoms with Gasteiger partial charge in [-0.2, -0.15) is 5.26 Å². The molecule has 16 heavy (non-hydrogen) atoms. The van der Waals surface area contributed by atoms with Gasteiger partial charge >= 0.3 is 18.9 Å². The molecule has 1 unspecified atom stereocenters. The minimum atomic E-state index is -4.53. The third kappa shape index (κ3) is 2.95. The Morgan fingerprint density at radius 2 is 2.06 bits per heavy atom. The molecule has 1 rings (SSSR count). The summed E-state index contributed by atoms with van der Waals surface area (Å²) in [6.45, 7) is 1.59. The van der Waals surface area contributed by atoms with Crippen LogP contribution in [-0.2, 0) is 4.57 Å². The molecule has 1 aromatic rings. The van der Waals surface area contributed by atoms with Gasteiger partial charge in [0.15, 0.2) is 0 Å². The van der Waals surface area contributed by atoms with Crippen molar-refractivity contribution in [2.75, 3.05) is 0 Å². The van der Waals surface area contributed by atoms with E-state index in [0.29, 0.717) is 5.56 Å². The van der Waals surface area contributed by atoms with Crippen LogP contribution < -0.4 is 29.1 Å². The third-order valence-electron chi connectivity index (χ3n) is 1.78. The van der Waals surface area contributed by atoms with Crippen LogP contribution in [0.4, 0.5) is 5.69 Å². The van der Waals surface area contributed by atoms with E-state index in [1.54, 1.807) is 6.92 Å². The molecule has 0 aliphatic carbocycles. The first-order chi connectivity index (χ1) is 6.88. The summed E-state index contributed by atoms with van der Waals surface area (Å²) in [6.07, 6.45) is 0. The minimum absolute atomic E-state index is 0. The Labute approximate surface area is 104 Å². The van der Waals surface area contributed by atoms with Gasteiger partial charge in [-0.1, -0.05) is 6.07 Å². The van der Waals surface area contributed by atoms with Crippen molar-refractivity contribution >= 4 is 18.4 Å². The first-order valence-corrected chi connectivity index (χ1v) is 5.49. The number of hydrogen-bond acceptors (Lipinski definition) is 5. The predicted molar refractivity (Wildman–Crippen MR) is 50.7 cm³/mol. The van der Waals surface area contributed by atoms with Crippen LogP contribution in [0.25, 0.3) is 0 Å². The summed E-state index contributed by atoms with van der Waals surface area (Å²) in [4.78, 5) is 20.9. The number of nitrogens with zero attached hydrogens (tertiary/aromatic N) is 2. The standard InChI is InChI=1S/C8H7N2O4P.Li/c1-6-2-3-7(10(11)12)8(4-6)15(13,14)5-9;/h2-4H,1H3,(H,13,14);/q;+1/p-1. The molecule has 0 N–H and O–H groups in total. The molecule has 0 spiro atoms. The number of nitriles is 1. The van der Waals surface area contributed by atoms with Gasteiger partial charge in [-0.3, -0.25) is 10.1 Å². The van der Waals surface area contributed by atoms with Gasteiger partial charge in [-0.25, -0.2) is 0 Å². The van der Waals surface area contributed by atoms with E-state index >= 15 is 0 Å². The topological polar surface area (TPSA) is 107 Å². The Hall–Kier alpha value is -1.10.